The fourth-order valence-electron chi connectivity index (χ4n) is 0. The van der Waals surface area contributed by atoms with Gasteiger partial charge in [0.2, 0.25) is 6.34 Å². The van der Waals surface area contributed by atoms with E-state index in [9.17, 15) is 0 Å². The zero-order chi connectivity index (χ0) is 3.41. The van der Waals surface area contributed by atoms with E-state index >= 15 is 0 Å². The van der Waals surface area contributed by atoms with Crippen molar-refractivity contribution in [2.75, 3.05) is 0 Å². The summed E-state index contributed by atoms with van der Waals surface area (Å²) in [7, 11) is 0. The summed E-state index contributed by atoms with van der Waals surface area (Å²) in [5.41, 5.74) is 5.78. The summed E-state index contributed by atoms with van der Waals surface area (Å²) in [5, 5.41) is 8.25. The van der Waals surface area contributed by atoms with Gasteiger partial charge in [-0.25, -0.2) is 5.53 Å². The minimum absolute atomic E-state index is 1.47. The zero-order valence-electron chi connectivity index (χ0n) is 1.95. The minimum Gasteiger partial charge on any atom is -0.278 e. The first-order valence-electron chi connectivity index (χ1n) is 0.697. The molecule has 0 aromatic rings. The average molecular weight is 56.0 g/mol. The van der Waals surface area contributed by atoms with Crippen LogP contribution in [-0.4, -0.2) is 6.34 Å². The first kappa shape index (κ1) is 3.27. The molecule has 2 N–H and O–H groups in total. The standard InChI is InChI=1S/CH2N3/c2-1-4-3/h2-3H. The van der Waals surface area contributed by atoms with Crippen LogP contribution in [0.1, 0.15) is 0 Å². The summed E-state index contributed by atoms with van der Waals surface area (Å²) < 4.78 is 0. The first-order valence-corrected chi connectivity index (χ1v) is 0.697. The molecule has 0 rings (SSSR count). The van der Waals surface area contributed by atoms with Crippen LogP contribution in [0.25, 0.3) is 0 Å². The Morgan fingerprint density at radius 1 is 1.75 bits per heavy atom. The van der Waals surface area contributed by atoms with Crippen molar-refractivity contribution in [2.45, 2.75) is 0 Å². The largest absolute Gasteiger partial charge is 0.278 e. The van der Waals surface area contributed by atoms with E-state index in [1.165, 1.54) is 6.34 Å². The molecule has 0 saturated carbocycles. The summed E-state index contributed by atoms with van der Waals surface area (Å²) in [6.45, 7) is 0. The van der Waals surface area contributed by atoms with E-state index in [-0.39, 0.29) is 0 Å². The first-order chi connectivity index (χ1) is 1.91. The molecule has 3 heteroatoms. The number of rotatable bonds is 1. The van der Waals surface area contributed by atoms with Crippen LogP contribution in [0, 0.1) is 10.9 Å². The van der Waals surface area contributed by atoms with Crippen molar-refractivity contribution in [3.05, 3.63) is 0 Å². The Bertz CT molecular complexity index is 24.3. The van der Waals surface area contributed by atoms with E-state index in [2.05, 4.69) is 5.11 Å². The highest BCUT2D eigenvalue weighted by atomic mass is 15.0. The molecule has 0 fully saturated rings. The van der Waals surface area contributed by atoms with Gasteiger partial charge in [0.15, 0.2) is 0 Å². The lowest BCUT2D eigenvalue weighted by atomic mass is 11.4. The summed E-state index contributed by atoms with van der Waals surface area (Å²) in [6.07, 6.45) is 1.47. The monoisotopic (exact) mass is 56.0 g/mol. The third-order valence-corrected chi connectivity index (χ3v) is 0.0559. The van der Waals surface area contributed by atoms with Crippen LogP contribution < -0.4 is 0 Å². The number of nitrogens with zero attached hydrogens (tertiary/aromatic N) is 1. The van der Waals surface area contributed by atoms with Gasteiger partial charge in [0, 0.05) is 0 Å². The van der Waals surface area contributed by atoms with Gasteiger partial charge in [-0.15, -0.1) is 5.11 Å². The molecule has 0 heterocycles. The van der Waals surface area contributed by atoms with Gasteiger partial charge in [-0.2, -0.15) is 0 Å². The highest BCUT2D eigenvalue weighted by Crippen LogP contribution is 1.37. The Morgan fingerprint density at radius 3 is 2.00 bits per heavy atom. The Labute approximate surface area is 23.7 Å². The van der Waals surface area contributed by atoms with Crippen LogP contribution in [0.15, 0.2) is 5.11 Å². The van der Waals surface area contributed by atoms with Crippen LogP contribution in [0.3, 0.4) is 0 Å². The fraction of sp³-hybridized carbons (Fsp3) is 0. The maximum absolute atomic E-state index is 5.85. The van der Waals surface area contributed by atoms with Crippen molar-refractivity contribution < 1.29 is 0 Å². The van der Waals surface area contributed by atoms with E-state index in [0.717, 1.165) is 0 Å². The average Bonchev–Trinajstić information content (AvgIpc) is 1.37. The van der Waals surface area contributed by atoms with Gasteiger partial charge in [0.1, 0.15) is 0 Å². The van der Waals surface area contributed by atoms with Crippen molar-refractivity contribution in [2.24, 2.45) is 5.11 Å². The van der Waals surface area contributed by atoms with Crippen LogP contribution in [-0.2, 0) is 0 Å². The molecule has 0 saturated heterocycles. The van der Waals surface area contributed by atoms with Crippen LogP contribution in [0.4, 0.5) is 0 Å². The lowest BCUT2D eigenvalue weighted by Crippen LogP contribution is -1.41. The van der Waals surface area contributed by atoms with Crippen LogP contribution in [0.2, 0.25) is 0 Å². The molecule has 21 valence electrons. The summed E-state index contributed by atoms with van der Waals surface area (Å²) in [6, 6.07) is 0. The summed E-state index contributed by atoms with van der Waals surface area (Å²) in [5.74, 6) is 0. The predicted molar refractivity (Wildman–Crippen MR) is 12.9 cm³/mol. The molecule has 0 aliphatic rings. The fourth-order valence-corrected chi connectivity index (χ4v) is 0. The number of hydrogen-bond acceptors (Lipinski definition) is 2. The molecule has 0 aromatic heterocycles. The van der Waals surface area contributed by atoms with Gasteiger partial charge < -0.3 is 0 Å². The molecule has 0 aliphatic carbocycles. The van der Waals surface area contributed by atoms with Crippen molar-refractivity contribution in [3.8, 4) is 0 Å². The molecular formula is CH2N3. The molecule has 0 amide bonds. The van der Waals surface area contributed by atoms with E-state index in [4.69, 9.17) is 10.9 Å². The Balaban J connectivity index is 2.73. The highest BCUT2D eigenvalue weighted by Gasteiger charge is 1.37. The molecule has 0 aromatic carbocycles. The van der Waals surface area contributed by atoms with E-state index in [1.54, 1.807) is 0 Å². The minimum atomic E-state index is 1.47. The quantitative estimate of drug-likeness (QED) is 0.250. The van der Waals surface area contributed by atoms with Gasteiger partial charge in [-0.3, -0.25) is 5.41 Å². The van der Waals surface area contributed by atoms with Gasteiger partial charge in [0.05, 0.1) is 0 Å². The van der Waals surface area contributed by atoms with Crippen molar-refractivity contribution in [3.63, 3.8) is 0 Å². The summed E-state index contributed by atoms with van der Waals surface area (Å²) in [4.78, 5) is 0. The second-order valence-corrected chi connectivity index (χ2v) is 0.224. The van der Waals surface area contributed by atoms with E-state index in [0.29, 0.717) is 0 Å². The lowest BCUT2D eigenvalue weighted by molar-refractivity contribution is 1.20. The Kier molecular flexibility index (Phi) is 1.86. The van der Waals surface area contributed by atoms with E-state index < -0.39 is 0 Å². The molecule has 1 radical (unpaired) electrons. The topological polar surface area (TPSA) is 60.1 Å². The predicted octanol–water partition coefficient (Wildman–Crippen LogP) is 0.501. The number of hydrogen-bond donors (Lipinski definition) is 2. The molecule has 4 heavy (non-hydrogen) atoms. The highest BCUT2D eigenvalue weighted by molar-refractivity contribution is 5.48. The molecule has 0 aliphatic heterocycles. The molecule has 0 unspecified atom stereocenters. The Hall–Kier alpha value is -0.730. The molecule has 3 nitrogen and oxygen atoms in total. The third-order valence-electron chi connectivity index (χ3n) is 0.0559. The zero-order valence-corrected chi connectivity index (χ0v) is 1.95. The van der Waals surface area contributed by atoms with Crippen LogP contribution in [0.5, 0.6) is 0 Å². The maximum Gasteiger partial charge on any atom is 0.212 e. The smallest absolute Gasteiger partial charge is 0.212 e. The van der Waals surface area contributed by atoms with Gasteiger partial charge in [0.25, 0.3) is 0 Å². The lowest BCUT2D eigenvalue weighted by Gasteiger charge is -1.40. The molecule has 0 spiro atoms. The van der Waals surface area contributed by atoms with Crippen molar-refractivity contribution in [1.29, 1.82) is 10.9 Å². The SMILES string of the molecule is N=[C]N=N. The Morgan fingerprint density at radius 2 is 2.00 bits per heavy atom. The maximum atomic E-state index is 5.85. The number of nitrogens with one attached hydrogen (secondary N) is 2. The van der Waals surface area contributed by atoms with Crippen LogP contribution >= 0.6 is 0 Å². The molecule has 0 atom stereocenters. The van der Waals surface area contributed by atoms with Crippen molar-refractivity contribution >= 4 is 6.34 Å². The second-order valence-electron chi connectivity index (χ2n) is 0.224. The summed E-state index contributed by atoms with van der Waals surface area (Å²) >= 11 is 0. The molecule has 0 bridgehead atoms. The van der Waals surface area contributed by atoms with E-state index in [1.807, 2.05) is 0 Å². The molecular weight excluding hydrogens is 54.0 g/mol. The van der Waals surface area contributed by atoms with Crippen molar-refractivity contribution in [1.82, 2.24) is 0 Å². The van der Waals surface area contributed by atoms with Gasteiger partial charge in [-0.1, -0.05) is 0 Å². The van der Waals surface area contributed by atoms with Gasteiger partial charge >= 0.3 is 0 Å². The second kappa shape index (κ2) is 2.27. The van der Waals surface area contributed by atoms with Gasteiger partial charge in [-0.05, 0) is 0 Å². The third kappa shape index (κ3) is 1.27. The normalized spacial score (nSPS) is 5.00.